The molecule has 1 aliphatic carbocycles. The van der Waals surface area contributed by atoms with Gasteiger partial charge in [0.05, 0.1) is 23.4 Å². The van der Waals surface area contributed by atoms with Crippen LogP contribution in [0.4, 0.5) is 23.2 Å². The van der Waals surface area contributed by atoms with Crippen molar-refractivity contribution < 1.29 is 30.8 Å². The van der Waals surface area contributed by atoms with Gasteiger partial charge in [0.1, 0.15) is 11.6 Å². The zero-order chi connectivity index (χ0) is 29.2. The summed E-state index contributed by atoms with van der Waals surface area (Å²) >= 11 is 0.324. The highest BCUT2D eigenvalue weighted by molar-refractivity contribution is 7.89. The molecule has 1 N–H and O–H groups in total. The molecule has 0 spiro atoms. The maximum atomic E-state index is 13.4. The third-order valence-electron chi connectivity index (χ3n) is 7.86. The van der Waals surface area contributed by atoms with Gasteiger partial charge in [-0.3, -0.25) is 14.1 Å². The highest BCUT2D eigenvalue weighted by atomic mass is 32.2. The highest BCUT2D eigenvalue weighted by Gasteiger charge is 2.42. The summed E-state index contributed by atoms with van der Waals surface area (Å²) in [5.74, 6) is -0.00762. The van der Waals surface area contributed by atoms with E-state index in [1.165, 1.54) is 22.9 Å². The molecule has 41 heavy (non-hydrogen) atoms. The molecule has 222 valence electrons. The summed E-state index contributed by atoms with van der Waals surface area (Å²) in [6.07, 6.45) is 0.203. The zero-order valence-electron chi connectivity index (χ0n) is 22.1. The monoisotopic (exact) mass is 616 g/mol. The Morgan fingerprint density at radius 3 is 2.49 bits per heavy atom. The molecule has 0 aromatic carbocycles. The van der Waals surface area contributed by atoms with E-state index in [0.29, 0.717) is 74.5 Å². The number of carbonyl (C=O) groups is 1. The van der Waals surface area contributed by atoms with Crippen LogP contribution in [0.2, 0.25) is 0 Å². The van der Waals surface area contributed by atoms with Crippen molar-refractivity contribution in [3.05, 3.63) is 23.5 Å². The molecule has 17 heteroatoms. The molecule has 0 unspecified atom stereocenters. The Kier molecular flexibility index (Phi) is 6.98. The lowest BCUT2D eigenvalue weighted by atomic mass is 10.0. The molecular formula is C24H28F4N8O3S2. The van der Waals surface area contributed by atoms with Crippen LogP contribution in [0.5, 0.6) is 0 Å². The van der Waals surface area contributed by atoms with Crippen LogP contribution in [0.15, 0.2) is 23.4 Å². The smallest absolute Gasteiger partial charge is 0.366 e. The van der Waals surface area contributed by atoms with Crippen LogP contribution in [0.3, 0.4) is 0 Å². The topological polar surface area (TPSA) is 116 Å². The standard InChI is InChI=1S/C24H28F4N8O3S2/c1-23(3-4-23)32-41(38,39)15-12-17(34-8-10-35(11-9-34)21(37)16-2-6-33(16)7-5-25)18-13-29-19(36(18)14-15)20-30-31-22(40-20)24(26,27)28/h12-14,16,32H,2-11H2,1H3/t16-/m1/s1. The number of alkyl halides is 4. The van der Waals surface area contributed by atoms with E-state index >= 15 is 0 Å². The minimum Gasteiger partial charge on any atom is -0.366 e. The quantitative estimate of drug-likeness (QED) is 0.384. The predicted octanol–water partition coefficient (Wildman–Crippen LogP) is 2.39. The number of hydrogen-bond acceptors (Lipinski definition) is 9. The number of imidazole rings is 1. The number of pyridine rings is 1. The van der Waals surface area contributed by atoms with Crippen molar-refractivity contribution in [3.8, 4) is 10.8 Å². The van der Waals surface area contributed by atoms with Crippen LogP contribution in [0.25, 0.3) is 16.3 Å². The SMILES string of the molecule is CC1(NS(=O)(=O)c2cc(N3CCN(C(=O)[C@H]4CCN4CCF)CC3)c3cnc(-c4nnc(C(F)(F)F)s4)n3c2)CC1. The van der Waals surface area contributed by atoms with Gasteiger partial charge in [0.2, 0.25) is 20.9 Å². The van der Waals surface area contributed by atoms with Gasteiger partial charge in [-0.2, -0.15) is 13.2 Å². The molecule has 3 aromatic rings. The summed E-state index contributed by atoms with van der Waals surface area (Å²) in [7, 11) is -3.98. The third kappa shape index (κ3) is 5.39. The fourth-order valence-corrected chi connectivity index (χ4v) is 7.38. The molecular weight excluding hydrogens is 588 g/mol. The molecule has 2 saturated heterocycles. The second-order valence-electron chi connectivity index (χ2n) is 10.8. The van der Waals surface area contributed by atoms with E-state index in [2.05, 4.69) is 19.9 Å². The molecule has 3 aliphatic rings. The molecule has 3 fully saturated rings. The van der Waals surface area contributed by atoms with Crippen LogP contribution in [-0.2, 0) is 21.0 Å². The van der Waals surface area contributed by atoms with Crippen molar-refractivity contribution in [2.45, 2.75) is 48.8 Å². The molecule has 1 amide bonds. The minimum absolute atomic E-state index is 0.0377. The second-order valence-corrected chi connectivity index (χ2v) is 13.5. The van der Waals surface area contributed by atoms with Crippen molar-refractivity contribution in [3.63, 3.8) is 0 Å². The zero-order valence-corrected chi connectivity index (χ0v) is 23.7. The van der Waals surface area contributed by atoms with Crippen molar-refractivity contribution in [2.75, 3.05) is 50.8 Å². The summed E-state index contributed by atoms with van der Waals surface area (Å²) in [5, 5.41) is 5.68. The lowest BCUT2D eigenvalue weighted by molar-refractivity contribution is -0.142. The third-order valence-corrected chi connectivity index (χ3v) is 10.4. The van der Waals surface area contributed by atoms with Crippen LogP contribution >= 0.6 is 11.3 Å². The number of anilines is 1. The van der Waals surface area contributed by atoms with E-state index in [-0.39, 0.29) is 34.2 Å². The van der Waals surface area contributed by atoms with Crippen LogP contribution in [0.1, 0.15) is 31.2 Å². The van der Waals surface area contributed by atoms with Crippen LogP contribution in [0, 0.1) is 0 Å². The molecule has 6 rings (SSSR count). The number of halogens is 4. The van der Waals surface area contributed by atoms with Crippen molar-refractivity contribution in [1.29, 1.82) is 0 Å². The number of sulfonamides is 1. The number of aromatic nitrogens is 4. The van der Waals surface area contributed by atoms with Gasteiger partial charge in [-0.15, -0.1) is 10.2 Å². The molecule has 0 radical (unpaired) electrons. The summed E-state index contributed by atoms with van der Waals surface area (Å²) in [5.41, 5.74) is 0.451. The first-order chi connectivity index (χ1) is 19.4. The van der Waals surface area contributed by atoms with Gasteiger partial charge in [-0.1, -0.05) is 11.3 Å². The molecule has 3 aromatic heterocycles. The van der Waals surface area contributed by atoms with Crippen LogP contribution < -0.4 is 9.62 Å². The molecule has 1 saturated carbocycles. The predicted molar refractivity (Wildman–Crippen MR) is 142 cm³/mol. The molecule has 0 bridgehead atoms. The number of hydrogen-bond donors (Lipinski definition) is 1. The fraction of sp³-hybridized carbons (Fsp3) is 0.583. The first-order valence-electron chi connectivity index (χ1n) is 13.2. The molecule has 1 atom stereocenters. The van der Waals surface area contributed by atoms with Gasteiger partial charge in [0, 0.05) is 51.0 Å². The summed E-state index contributed by atoms with van der Waals surface area (Å²) < 4.78 is 83.4. The number of likely N-dealkylation sites (tertiary alicyclic amines) is 1. The second kappa shape index (κ2) is 10.1. The maximum Gasteiger partial charge on any atom is 0.445 e. The van der Waals surface area contributed by atoms with Gasteiger partial charge < -0.3 is 9.80 Å². The van der Waals surface area contributed by atoms with Gasteiger partial charge in [-0.05, 0) is 32.3 Å². The lowest BCUT2D eigenvalue weighted by Crippen LogP contribution is -2.60. The number of carbonyl (C=O) groups excluding carboxylic acids is 1. The number of nitrogens with one attached hydrogen (secondary N) is 1. The van der Waals surface area contributed by atoms with E-state index in [9.17, 15) is 30.8 Å². The Morgan fingerprint density at radius 1 is 1.17 bits per heavy atom. The van der Waals surface area contributed by atoms with Gasteiger partial charge in [0.25, 0.3) is 0 Å². The van der Waals surface area contributed by atoms with Crippen LogP contribution in [-0.4, -0.2) is 101 Å². The number of piperazine rings is 1. The number of amides is 1. The highest BCUT2D eigenvalue weighted by Crippen LogP contribution is 2.38. The van der Waals surface area contributed by atoms with Gasteiger partial charge in [-0.25, -0.2) is 22.5 Å². The van der Waals surface area contributed by atoms with Gasteiger partial charge >= 0.3 is 6.18 Å². The van der Waals surface area contributed by atoms with E-state index < -0.39 is 33.4 Å². The molecule has 5 heterocycles. The first kappa shape index (κ1) is 28.2. The number of nitrogens with zero attached hydrogens (tertiary/aromatic N) is 7. The van der Waals surface area contributed by atoms with Gasteiger partial charge in [0.15, 0.2) is 10.8 Å². The maximum absolute atomic E-state index is 13.4. The summed E-state index contributed by atoms with van der Waals surface area (Å²) in [6.45, 7) is 3.75. The molecule has 11 nitrogen and oxygen atoms in total. The Morgan fingerprint density at radius 2 is 1.90 bits per heavy atom. The van der Waals surface area contributed by atoms with Crippen molar-refractivity contribution in [1.82, 2.24) is 34.1 Å². The Hall–Kier alpha value is -2.89. The largest absolute Gasteiger partial charge is 0.445 e. The van der Waals surface area contributed by atoms with Crippen molar-refractivity contribution >= 4 is 38.5 Å². The van der Waals surface area contributed by atoms with E-state index in [1.807, 2.05) is 9.80 Å². The normalized spacial score (nSPS) is 21.3. The summed E-state index contributed by atoms with van der Waals surface area (Å²) in [4.78, 5) is 22.8. The number of rotatable bonds is 8. The van der Waals surface area contributed by atoms with E-state index in [0.717, 1.165) is 0 Å². The Labute approximate surface area is 237 Å². The number of fused-ring (bicyclic) bond motifs is 1. The lowest BCUT2D eigenvalue weighted by Gasteiger charge is -2.44. The van der Waals surface area contributed by atoms with E-state index in [1.54, 1.807) is 11.8 Å². The van der Waals surface area contributed by atoms with Crippen molar-refractivity contribution in [2.24, 2.45) is 0 Å². The average molecular weight is 617 g/mol. The Balaban J connectivity index is 1.33. The Bertz CT molecular complexity index is 1580. The molecule has 2 aliphatic heterocycles. The van der Waals surface area contributed by atoms with E-state index in [4.69, 9.17) is 0 Å². The average Bonchev–Trinajstić information content (AvgIpc) is 3.28. The minimum atomic E-state index is -4.67. The first-order valence-corrected chi connectivity index (χ1v) is 15.5. The fourth-order valence-electron chi connectivity index (χ4n) is 5.19. The summed E-state index contributed by atoms with van der Waals surface area (Å²) in [6, 6.07) is 1.21.